The topological polar surface area (TPSA) is 71.0 Å². The second kappa shape index (κ2) is 9.14. The first-order chi connectivity index (χ1) is 14.8. The molecule has 0 aliphatic carbocycles. The Bertz CT molecular complexity index is 913. The molecule has 0 saturated carbocycles. The highest BCUT2D eigenvalue weighted by Crippen LogP contribution is 2.27. The minimum absolute atomic E-state index is 0.154. The lowest BCUT2D eigenvalue weighted by Crippen LogP contribution is -2.58. The molecule has 2 aromatic rings. The summed E-state index contributed by atoms with van der Waals surface area (Å²) in [6.07, 6.45) is 3.19. The minimum Gasteiger partial charge on any atom is -0.444 e. The summed E-state index contributed by atoms with van der Waals surface area (Å²) in [7, 11) is 0. The van der Waals surface area contributed by atoms with Crippen LogP contribution in [-0.2, 0) is 9.47 Å². The molecule has 2 saturated heterocycles. The van der Waals surface area contributed by atoms with Crippen molar-refractivity contribution in [1.82, 2.24) is 19.9 Å². The maximum atomic E-state index is 12.5. The van der Waals surface area contributed by atoms with Gasteiger partial charge in [0.25, 0.3) is 0 Å². The summed E-state index contributed by atoms with van der Waals surface area (Å²) in [5, 5.41) is 5.35. The fraction of sp³-hybridized carbons (Fsp3) is 0.591. The Balaban J connectivity index is 1.54. The molecular formula is C22H30ClN5O3. The Kier molecular flexibility index (Phi) is 6.50. The number of carbonyl (C=O) groups excluding carboxylic acids is 1. The van der Waals surface area contributed by atoms with Gasteiger partial charge in [-0.05, 0) is 39.7 Å². The number of fused-ring (bicyclic) bond motifs is 1. The van der Waals surface area contributed by atoms with Crippen molar-refractivity contribution in [2.24, 2.45) is 0 Å². The molecule has 2 aliphatic heterocycles. The van der Waals surface area contributed by atoms with Crippen molar-refractivity contribution < 1.29 is 14.3 Å². The van der Waals surface area contributed by atoms with Gasteiger partial charge in [0.2, 0.25) is 5.95 Å². The van der Waals surface area contributed by atoms with Crippen LogP contribution >= 0.6 is 11.6 Å². The molecular weight excluding hydrogens is 418 g/mol. The third kappa shape index (κ3) is 5.37. The SMILES string of the molecule is CC(C)(C)OC(=O)N1CCC(N(c2ncc3ccccc3n2)N2CCOC(Cl)C2)CC1. The zero-order valence-electron chi connectivity index (χ0n) is 18.3. The average molecular weight is 448 g/mol. The monoisotopic (exact) mass is 447 g/mol. The normalized spacial score (nSPS) is 21.3. The van der Waals surface area contributed by atoms with Crippen LogP contribution in [0.5, 0.6) is 0 Å². The van der Waals surface area contributed by atoms with Gasteiger partial charge in [0.05, 0.1) is 24.7 Å². The van der Waals surface area contributed by atoms with Gasteiger partial charge >= 0.3 is 6.09 Å². The van der Waals surface area contributed by atoms with Gasteiger partial charge in [-0.3, -0.25) is 5.01 Å². The van der Waals surface area contributed by atoms with E-state index in [0.717, 1.165) is 23.7 Å². The Hall–Kier alpha value is -2.16. The van der Waals surface area contributed by atoms with Crippen molar-refractivity contribution in [1.29, 1.82) is 0 Å². The van der Waals surface area contributed by atoms with E-state index in [0.29, 0.717) is 38.7 Å². The highest BCUT2D eigenvalue weighted by molar-refractivity contribution is 6.19. The number of anilines is 1. The number of amides is 1. The molecule has 1 aromatic carbocycles. The van der Waals surface area contributed by atoms with Crippen LogP contribution in [0, 0.1) is 0 Å². The van der Waals surface area contributed by atoms with Gasteiger partial charge in [-0.1, -0.05) is 29.8 Å². The van der Waals surface area contributed by atoms with E-state index in [9.17, 15) is 4.79 Å². The number of hydrogen-bond donors (Lipinski definition) is 0. The number of para-hydroxylation sites is 1. The van der Waals surface area contributed by atoms with Crippen LogP contribution < -0.4 is 5.01 Å². The summed E-state index contributed by atoms with van der Waals surface area (Å²) in [5.74, 6) is 0.653. The van der Waals surface area contributed by atoms with Crippen LogP contribution in [0.4, 0.5) is 10.7 Å². The molecule has 1 amide bonds. The zero-order chi connectivity index (χ0) is 22.0. The maximum absolute atomic E-state index is 12.5. The Morgan fingerprint density at radius 1 is 1.23 bits per heavy atom. The number of ether oxygens (including phenoxy) is 2. The van der Waals surface area contributed by atoms with E-state index < -0.39 is 5.60 Å². The predicted octanol–water partition coefficient (Wildman–Crippen LogP) is 3.65. The predicted molar refractivity (Wildman–Crippen MR) is 120 cm³/mol. The summed E-state index contributed by atoms with van der Waals surface area (Å²) in [6.45, 7) is 8.73. The number of halogens is 1. The van der Waals surface area contributed by atoms with Gasteiger partial charge in [0.15, 0.2) is 0 Å². The molecule has 0 N–H and O–H groups in total. The summed E-state index contributed by atoms with van der Waals surface area (Å²) in [6, 6.07) is 8.11. The van der Waals surface area contributed by atoms with Gasteiger partial charge in [-0.2, -0.15) is 0 Å². The molecule has 2 fully saturated rings. The van der Waals surface area contributed by atoms with E-state index in [4.69, 9.17) is 26.1 Å². The number of rotatable bonds is 3. The van der Waals surface area contributed by atoms with Crippen molar-refractivity contribution in [2.75, 3.05) is 37.8 Å². The number of morpholine rings is 1. The van der Waals surface area contributed by atoms with Gasteiger partial charge in [0.1, 0.15) is 11.2 Å². The number of alkyl halides is 1. The number of hydrogen-bond acceptors (Lipinski definition) is 7. The molecule has 1 aromatic heterocycles. The molecule has 4 rings (SSSR count). The second-order valence-electron chi connectivity index (χ2n) is 8.97. The van der Waals surface area contributed by atoms with Gasteiger partial charge in [-0.25, -0.2) is 19.8 Å². The van der Waals surface area contributed by atoms with Crippen molar-refractivity contribution in [3.63, 3.8) is 0 Å². The van der Waals surface area contributed by atoms with Crippen molar-refractivity contribution in [2.45, 2.75) is 50.8 Å². The summed E-state index contributed by atoms with van der Waals surface area (Å²) >= 11 is 6.30. The highest BCUT2D eigenvalue weighted by Gasteiger charge is 2.35. The van der Waals surface area contributed by atoms with Crippen LogP contribution in [0.25, 0.3) is 10.9 Å². The molecule has 1 atom stereocenters. The van der Waals surface area contributed by atoms with E-state index in [1.807, 2.05) is 51.2 Å². The Labute approximate surface area is 188 Å². The first-order valence-electron chi connectivity index (χ1n) is 10.8. The van der Waals surface area contributed by atoms with Crippen LogP contribution in [0.1, 0.15) is 33.6 Å². The average Bonchev–Trinajstić information content (AvgIpc) is 2.73. The molecule has 2 aliphatic rings. The third-order valence-electron chi connectivity index (χ3n) is 5.45. The van der Waals surface area contributed by atoms with E-state index in [-0.39, 0.29) is 17.7 Å². The number of benzene rings is 1. The smallest absolute Gasteiger partial charge is 0.410 e. The number of nitrogens with zero attached hydrogens (tertiary/aromatic N) is 5. The summed E-state index contributed by atoms with van der Waals surface area (Å²) in [5.41, 5.74) is 0.0279. The maximum Gasteiger partial charge on any atom is 0.410 e. The summed E-state index contributed by atoms with van der Waals surface area (Å²) in [4.78, 5) is 23.8. The van der Waals surface area contributed by atoms with Crippen molar-refractivity contribution in [3.8, 4) is 0 Å². The molecule has 31 heavy (non-hydrogen) atoms. The zero-order valence-corrected chi connectivity index (χ0v) is 19.1. The van der Waals surface area contributed by atoms with Gasteiger partial charge in [-0.15, -0.1) is 0 Å². The lowest BCUT2D eigenvalue weighted by atomic mass is 10.0. The molecule has 9 heteroatoms. The molecule has 0 bridgehead atoms. The molecule has 168 valence electrons. The second-order valence-corrected chi connectivity index (χ2v) is 9.45. The fourth-order valence-corrected chi connectivity index (χ4v) is 4.25. The number of aromatic nitrogens is 2. The highest BCUT2D eigenvalue weighted by atomic mass is 35.5. The summed E-state index contributed by atoms with van der Waals surface area (Å²) < 4.78 is 11.1. The third-order valence-corrected chi connectivity index (χ3v) is 5.71. The van der Waals surface area contributed by atoms with Gasteiger partial charge < -0.3 is 14.4 Å². The van der Waals surface area contributed by atoms with Crippen LogP contribution in [0.15, 0.2) is 30.5 Å². The Morgan fingerprint density at radius 2 is 1.97 bits per heavy atom. The standard InChI is InChI=1S/C22H30ClN5O3/c1-22(2,3)31-21(29)26-10-8-17(9-11-26)28(27-12-13-30-19(23)15-27)20-24-14-16-6-4-5-7-18(16)25-20/h4-7,14,17,19H,8-13,15H2,1-3H3. The Morgan fingerprint density at radius 3 is 2.68 bits per heavy atom. The number of likely N-dealkylation sites (tertiary alicyclic amines) is 1. The fourth-order valence-electron chi connectivity index (χ4n) is 4.00. The van der Waals surface area contributed by atoms with Gasteiger partial charge in [0, 0.05) is 31.2 Å². The minimum atomic E-state index is -0.498. The van der Waals surface area contributed by atoms with E-state index in [1.54, 1.807) is 4.90 Å². The van der Waals surface area contributed by atoms with Crippen LogP contribution in [0.2, 0.25) is 0 Å². The number of hydrazine groups is 1. The van der Waals surface area contributed by atoms with Crippen molar-refractivity contribution in [3.05, 3.63) is 30.5 Å². The molecule has 8 nitrogen and oxygen atoms in total. The molecule has 1 unspecified atom stereocenters. The van der Waals surface area contributed by atoms with Crippen LogP contribution in [-0.4, -0.2) is 76.0 Å². The quantitative estimate of drug-likeness (QED) is 0.665. The molecule has 0 radical (unpaired) electrons. The number of piperidine rings is 1. The first kappa shape index (κ1) is 22.0. The first-order valence-corrected chi connectivity index (χ1v) is 11.2. The number of carbonyl (C=O) groups is 1. The lowest BCUT2D eigenvalue weighted by molar-refractivity contribution is -0.00310. The van der Waals surface area contributed by atoms with Crippen LogP contribution in [0.3, 0.4) is 0 Å². The molecule has 3 heterocycles. The largest absolute Gasteiger partial charge is 0.444 e. The van der Waals surface area contributed by atoms with E-state index in [2.05, 4.69) is 15.0 Å². The lowest BCUT2D eigenvalue weighted by Gasteiger charge is -2.45. The van der Waals surface area contributed by atoms with Crippen molar-refractivity contribution >= 4 is 34.5 Å². The van der Waals surface area contributed by atoms with E-state index >= 15 is 0 Å². The molecule has 0 spiro atoms. The van der Waals surface area contributed by atoms with E-state index in [1.165, 1.54) is 0 Å².